The lowest BCUT2D eigenvalue weighted by Crippen LogP contribution is -2.31. The maximum atomic E-state index is 13.2. The van der Waals surface area contributed by atoms with Crippen molar-refractivity contribution >= 4 is 39.2 Å². The molecule has 0 bridgehead atoms. The van der Waals surface area contributed by atoms with Crippen molar-refractivity contribution in [2.45, 2.75) is 24.3 Å². The van der Waals surface area contributed by atoms with Crippen molar-refractivity contribution in [2.75, 3.05) is 6.54 Å². The average molecular weight is 391 g/mol. The Morgan fingerprint density at radius 3 is 2.73 bits per heavy atom. The van der Waals surface area contributed by atoms with Gasteiger partial charge >= 0.3 is 0 Å². The van der Waals surface area contributed by atoms with Crippen molar-refractivity contribution in [1.29, 1.82) is 0 Å². The van der Waals surface area contributed by atoms with E-state index in [2.05, 4.69) is 10.3 Å². The number of hydrogen-bond acceptors (Lipinski definition) is 5. The largest absolute Gasteiger partial charge is 0.355 e. The molecule has 1 atom stereocenters. The monoisotopic (exact) mass is 391 g/mol. The summed E-state index contributed by atoms with van der Waals surface area (Å²) in [6.07, 6.45) is 0. The minimum absolute atomic E-state index is 0.0926. The molecule has 0 unspecified atom stereocenters. The predicted octanol–water partition coefficient (Wildman–Crippen LogP) is 3.42. The van der Waals surface area contributed by atoms with Crippen molar-refractivity contribution < 1.29 is 9.18 Å². The minimum atomic E-state index is -0.359. The summed E-state index contributed by atoms with van der Waals surface area (Å²) < 4.78 is 14.6. The van der Waals surface area contributed by atoms with Crippen LogP contribution in [-0.4, -0.2) is 27.3 Å². The predicted molar refractivity (Wildman–Crippen MR) is 104 cm³/mol. The van der Waals surface area contributed by atoms with Crippen LogP contribution in [0.25, 0.3) is 21.3 Å². The maximum absolute atomic E-state index is 13.2. The molecule has 0 spiro atoms. The van der Waals surface area contributed by atoms with E-state index in [1.54, 1.807) is 26.1 Å². The van der Waals surface area contributed by atoms with Crippen molar-refractivity contribution in [1.82, 2.24) is 14.9 Å². The Hall–Kier alpha value is -2.19. The molecule has 1 amide bonds. The fraction of sp³-hybridized carbons (Fsp3) is 0.278. The third kappa shape index (κ3) is 3.52. The molecule has 0 radical (unpaired) electrons. The summed E-state index contributed by atoms with van der Waals surface area (Å²) in [6, 6.07) is 6.04. The molecule has 26 heavy (non-hydrogen) atoms. The quantitative estimate of drug-likeness (QED) is 0.535. The molecule has 3 aromatic rings. The van der Waals surface area contributed by atoms with Gasteiger partial charge in [0.15, 0.2) is 5.16 Å². The van der Waals surface area contributed by atoms with Gasteiger partial charge < -0.3 is 5.32 Å². The van der Waals surface area contributed by atoms with E-state index in [0.717, 1.165) is 11.1 Å². The third-order valence-corrected chi connectivity index (χ3v) is 5.95. The molecule has 3 rings (SSSR count). The molecule has 0 saturated carbocycles. The van der Waals surface area contributed by atoms with Crippen LogP contribution in [0.1, 0.15) is 13.8 Å². The molecule has 2 heterocycles. The lowest BCUT2D eigenvalue weighted by Gasteiger charge is -2.13. The van der Waals surface area contributed by atoms with Crippen LogP contribution >= 0.6 is 23.1 Å². The first kappa shape index (κ1) is 18.6. The van der Waals surface area contributed by atoms with E-state index in [1.807, 2.05) is 12.3 Å². The van der Waals surface area contributed by atoms with Gasteiger partial charge in [-0.2, -0.15) is 0 Å². The van der Waals surface area contributed by atoms with Gasteiger partial charge in [0.1, 0.15) is 10.6 Å². The van der Waals surface area contributed by atoms with Gasteiger partial charge in [0.25, 0.3) is 5.56 Å². The second-order valence-corrected chi connectivity index (χ2v) is 7.92. The van der Waals surface area contributed by atoms with E-state index < -0.39 is 0 Å². The first-order valence-corrected chi connectivity index (χ1v) is 9.86. The summed E-state index contributed by atoms with van der Waals surface area (Å²) in [4.78, 5) is 30.0. The van der Waals surface area contributed by atoms with Crippen LogP contribution in [0.2, 0.25) is 0 Å². The summed E-state index contributed by atoms with van der Waals surface area (Å²) in [5.41, 5.74) is 1.33. The lowest BCUT2D eigenvalue weighted by atomic mass is 10.1. The fourth-order valence-electron chi connectivity index (χ4n) is 2.53. The number of nitrogens with one attached hydrogen (secondary N) is 1. The average Bonchev–Trinajstić information content (AvgIpc) is 3.04. The van der Waals surface area contributed by atoms with E-state index in [1.165, 1.54) is 39.8 Å². The van der Waals surface area contributed by atoms with Crippen LogP contribution < -0.4 is 10.9 Å². The molecular formula is C18H18FN3O2S2. The first-order chi connectivity index (χ1) is 12.4. The van der Waals surface area contributed by atoms with Gasteiger partial charge in [-0.1, -0.05) is 23.9 Å². The van der Waals surface area contributed by atoms with E-state index in [9.17, 15) is 14.0 Å². The first-order valence-electron chi connectivity index (χ1n) is 8.11. The molecule has 8 heteroatoms. The number of fused-ring (bicyclic) bond motifs is 1. The molecule has 136 valence electrons. The van der Waals surface area contributed by atoms with Crippen LogP contribution in [0.5, 0.6) is 0 Å². The summed E-state index contributed by atoms with van der Waals surface area (Å²) in [5, 5.41) is 5.27. The van der Waals surface area contributed by atoms with Gasteiger partial charge in [-0.3, -0.25) is 14.2 Å². The number of thioether (sulfide) groups is 1. The molecule has 5 nitrogen and oxygen atoms in total. The topological polar surface area (TPSA) is 64.0 Å². The number of carbonyl (C=O) groups is 1. The zero-order valence-electron chi connectivity index (χ0n) is 14.6. The number of hydrogen-bond donors (Lipinski definition) is 1. The van der Waals surface area contributed by atoms with Crippen LogP contribution in [0.4, 0.5) is 4.39 Å². The molecule has 1 N–H and O–H groups in total. The highest BCUT2D eigenvalue weighted by Crippen LogP contribution is 2.32. The minimum Gasteiger partial charge on any atom is -0.355 e. The van der Waals surface area contributed by atoms with Gasteiger partial charge in [-0.25, -0.2) is 9.37 Å². The highest BCUT2D eigenvalue weighted by Gasteiger charge is 2.20. The van der Waals surface area contributed by atoms with E-state index in [4.69, 9.17) is 0 Å². The van der Waals surface area contributed by atoms with Crippen molar-refractivity contribution in [2.24, 2.45) is 7.05 Å². The van der Waals surface area contributed by atoms with Gasteiger partial charge in [-0.05, 0) is 31.5 Å². The smallest absolute Gasteiger partial charge is 0.263 e. The van der Waals surface area contributed by atoms with Crippen LogP contribution in [0.3, 0.4) is 0 Å². The van der Waals surface area contributed by atoms with Gasteiger partial charge in [0, 0.05) is 24.5 Å². The Labute approximate surface area is 158 Å². The molecule has 1 aromatic carbocycles. The molecule has 0 aliphatic heterocycles. The normalized spacial score (nSPS) is 12.3. The van der Waals surface area contributed by atoms with Crippen LogP contribution in [0, 0.1) is 5.82 Å². The van der Waals surface area contributed by atoms with E-state index in [0.29, 0.717) is 21.9 Å². The standard InChI is InChI=1S/C18H18FN3O2S2/c1-4-20-15(23)10(2)26-18-21-16-14(17(24)22(18)3)13(9-25-16)11-5-7-12(19)8-6-11/h5-10H,4H2,1-3H3,(H,20,23)/t10-/m0/s1. The Kier molecular flexibility index (Phi) is 5.43. The summed E-state index contributed by atoms with van der Waals surface area (Å²) in [6.45, 7) is 4.20. The Balaban J connectivity index is 2.03. The Morgan fingerprint density at radius 2 is 2.08 bits per heavy atom. The van der Waals surface area contributed by atoms with Crippen molar-refractivity contribution in [3.63, 3.8) is 0 Å². The number of carbonyl (C=O) groups excluding carboxylic acids is 1. The van der Waals surface area contributed by atoms with E-state index in [-0.39, 0.29) is 22.5 Å². The second kappa shape index (κ2) is 7.59. The fourth-order valence-corrected chi connectivity index (χ4v) is 4.42. The van der Waals surface area contributed by atoms with Gasteiger partial charge in [0.05, 0.1) is 10.6 Å². The number of rotatable bonds is 5. The van der Waals surface area contributed by atoms with Crippen molar-refractivity contribution in [3.05, 3.63) is 45.8 Å². The molecule has 2 aromatic heterocycles. The number of benzene rings is 1. The number of thiophene rings is 1. The summed E-state index contributed by atoms with van der Waals surface area (Å²) in [5.74, 6) is -0.414. The van der Waals surface area contributed by atoms with Gasteiger partial charge in [-0.15, -0.1) is 11.3 Å². The zero-order valence-corrected chi connectivity index (χ0v) is 16.2. The molecular weight excluding hydrogens is 373 g/mol. The van der Waals surface area contributed by atoms with Crippen LogP contribution in [-0.2, 0) is 11.8 Å². The summed E-state index contributed by atoms with van der Waals surface area (Å²) >= 11 is 2.61. The maximum Gasteiger partial charge on any atom is 0.263 e. The zero-order chi connectivity index (χ0) is 18.8. The van der Waals surface area contributed by atoms with Crippen LogP contribution in [0.15, 0.2) is 39.6 Å². The highest BCUT2D eigenvalue weighted by atomic mass is 32.2. The second-order valence-electron chi connectivity index (χ2n) is 5.75. The number of halogens is 1. The number of nitrogens with zero attached hydrogens (tertiary/aromatic N) is 2. The Bertz CT molecular complexity index is 1010. The highest BCUT2D eigenvalue weighted by molar-refractivity contribution is 8.00. The molecule has 0 fully saturated rings. The van der Waals surface area contributed by atoms with Crippen molar-refractivity contribution in [3.8, 4) is 11.1 Å². The summed E-state index contributed by atoms with van der Waals surface area (Å²) in [7, 11) is 1.65. The number of aromatic nitrogens is 2. The third-order valence-electron chi connectivity index (χ3n) is 3.93. The number of amides is 1. The van der Waals surface area contributed by atoms with Gasteiger partial charge in [0.2, 0.25) is 5.91 Å². The lowest BCUT2D eigenvalue weighted by molar-refractivity contribution is -0.120. The molecule has 0 aliphatic rings. The van der Waals surface area contributed by atoms with E-state index >= 15 is 0 Å². The SMILES string of the molecule is CCNC(=O)[C@H](C)Sc1nc2scc(-c3ccc(F)cc3)c2c(=O)n1C. The molecule has 0 aliphatic carbocycles. The Morgan fingerprint density at radius 1 is 1.38 bits per heavy atom. The molecule has 0 saturated heterocycles.